The summed E-state index contributed by atoms with van der Waals surface area (Å²) in [5.74, 6) is 0.725. The SMILES string of the molecule is CSCC[C@H](N)C(=O)Nc1ccc(CCO)cc1.Cl. The maximum atomic E-state index is 11.7. The van der Waals surface area contributed by atoms with E-state index in [9.17, 15) is 4.79 Å². The van der Waals surface area contributed by atoms with Gasteiger partial charge in [0, 0.05) is 12.3 Å². The first-order chi connectivity index (χ1) is 8.67. The van der Waals surface area contributed by atoms with Crippen molar-refractivity contribution in [2.24, 2.45) is 5.73 Å². The summed E-state index contributed by atoms with van der Waals surface area (Å²) in [5.41, 5.74) is 7.55. The highest BCUT2D eigenvalue weighted by Gasteiger charge is 2.12. The summed E-state index contributed by atoms with van der Waals surface area (Å²) in [5, 5.41) is 11.6. The summed E-state index contributed by atoms with van der Waals surface area (Å²) in [6, 6.07) is 6.96. The van der Waals surface area contributed by atoms with Gasteiger partial charge in [0.05, 0.1) is 6.04 Å². The average molecular weight is 305 g/mol. The van der Waals surface area contributed by atoms with Gasteiger partial charge in [-0.05, 0) is 42.5 Å². The molecule has 1 amide bonds. The van der Waals surface area contributed by atoms with Gasteiger partial charge in [0.15, 0.2) is 0 Å². The van der Waals surface area contributed by atoms with Gasteiger partial charge in [-0.1, -0.05) is 12.1 Å². The number of benzene rings is 1. The highest BCUT2D eigenvalue weighted by Crippen LogP contribution is 2.11. The molecule has 0 fully saturated rings. The zero-order chi connectivity index (χ0) is 13.4. The van der Waals surface area contributed by atoms with Gasteiger partial charge in [0.25, 0.3) is 0 Å². The van der Waals surface area contributed by atoms with Crippen LogP contribution in [0.4, 0.5) is 5.69 Å². The molecule has 0 aliphatic rings. The van der Waals surface area contributed by atoms with E-state index in [1.54, 1.807) is 11.8 Å². The maximum Gasteiger partial charge on any atom is 0.241 e. The van der Waals surface area contributed by atoms with Crippen molar-refractivity contribution in [3.05, 3.63) is 29.8 Å². The number of hydrogen-bond donors (Lipinski definition) is 3. The quantitative estimate of drug-likeness (QED) is 0.716. The molecule has 6 heteroatoms. The van der Waals surface area contributed by atoms with Gasteiger partial charge in [-0.25, -0.2) is 0 Å². The summed E-state index contributed by atoms with van der Waals surface area (Å²) in [4.78, 5) is 11.7. The zero-order valence-electron chi connectivity index (χ0n) is 11.0. The Bertz CT molecular complexity index is 373. The van der Waals surface area contributed by atoms with Crippen LogP contribution in [0.3, 0.4) is 0 Å². The van der Waals surface area contributed by atoms with E-state index in [0.29, 0.717) is 12.8 Å². The first-order valence-corrected chi connectivity index (χ1v) is 7.32. The summed E-state index contributed by atoms with van der Waals surface area (Å²) in [6.45, 7) is 0.130. The molecule has 0 saturated heterocycles. The fourth-order valence-electron chi connectivity index (χ4n) is 1.49. The van der Waals surface area contributed by atoms with E-state index in [2.05, 4.69) is 5.32 Å². The zero-order valence-corrected chi connectivity index (χ0v) is 12.6. The van der Waals surface area contributed by atoms with Crippen LogP contribution in [-0.2, 0) is 11.2 Å². The summed E-state index contributed by atoms with van der Waals surface area (Å²) in [7, 11) is 0. The molecule has 4 nitrogen and oxygen atoms in total. The largest absolute Gasteiger partial charge is 0.396 e. The number of nitrogens with two attached hydrogens (primary N) is 1. The van der Waals surface area contributed by atoms with E-state index in [4.69, 9.17) is 10.8 Å². The Balaban J connectivity index is 0.00000324. The second kappa shape index (κ2) is 10.1. The van der Waals surface area contributed by atoms with Crippen molar-refractivity contribution in [3.63, 3.8) is 0 Å². The molecule has 108 valence electrons. The predicted octanol–water partition coefficient (Wildman–Crippen LogP) is 1.66. The molecule has 0 aromatic heterocycles. The van der Waals surface area contributed by atoms with Gasteiger partial charge in [-0.2, -0.15) is 11.8 Å². The molecule has 1 aromatic rings. The Hall–Kier alpha value is -0.750. The molecule has 1 aromatic carbocycles. The smallest absolute Gasteiger partial charge is 0.241 e. The predicted molar refractivity (Wildman–Crippen MR) is 84.1 cm³/mol. The van der Waals surface area contributed by atoms with Crippen LogP contribution in [0, 0.1) is 0 Å². The van der Waals surface area contributed by atoms with Crippen LogP contribution >= 0.6 is 24.2 Å². The number of carbonyl (C=O) groups is 1. The monoisotopic (exact) mass is 304 g/mol. The maximum absolute atomic E-state index is 11.7. The molecule has 0 bridgehead atoms. The van der Waals surface area contributed by atoms with Crippen molar-refractivity contribution in [1.82, 2.24) is 0 Å². The third-order valence-corrected chi connectivity index (χ3v) is 3.24. The number of rotatable bonds is 7. The Morgan fingerprint density at radius 1 is 1.42 bits per heavy atom. The topological polar surface area (TPSA) is 75.4 Å². The summed E-state index contributed by atoms with van der Waals surface area (Å²) < 4.78 is 0. The number of amides is 1. The van der Waals surface area contributed by atoms with Crippen LogP contribution in [0.1, 0.15) is 12.0 Å². The molecular formula is C13H21ClN2O2S. The second-order valence-corrected chi connectivity index (χ2v) is 5.03. The van der Waals surface area contributed by atoms with Crippen LogP contribution in [0.15, 0.2) is 24.3 Å². The van der Waals surface area contributed by atoms with Crippen LogP contribution in [0.25, 0.3) is 0 Å². The van der Waals surface area contributed by atoms with Gasteiger partial charge < -0.3 is 16.2 Å². The lowest BCUT2D eigenvalue weighted by molar-refractivity contribution is -0.117. The number of halogens is 1. The standard InChI is InChI=1S/C13H20N2O2S.ClH/c1-18-9-7-12(14)13(17)15-11-4-2-10(3-5-11)6-8-16;/h2-5,12,16H,6-9,14H2,1H3,(H,15,17);1H/t12-;/m0./s1. The first kappa shape index (κ1) is 18.2. The molecule has 4 N–H and O–H groups in total. The second-order valence-electron chi connectivity index (χ2n) is 4.05. The van der Waals surface area contributed by atoms with Crippen molar-refractivity contribution in [1.29, 1.82) is 0 Å². The molecule has 1 atom stereocenters. The molecule has 0 aliphatic carbocycles. The lowest BCUT2D eigenvalue weighted by Gasteiger charge is -2.11. The molecule has 0 spiro atoms. The lowest BCUT2D eigenvalue weighted by atomic mass is 10.1. The lowest BCUT2D eigenvalue weighted by Crippen LogP contribution is -2.36. The molecule has 0 saturated carbocycles. The van der Waals surface area contributed by atoms with Gasteiger partial charge in [-0.15, -0.1) is 12.4 Å². The first-order valence-electron chi connectivity index (χ1n) is 5.92. The minimum atomic E-state index is -0.463. The number of thioether (sulfide) groups is 1. The fraction of sp³-hybridized carbons (Fsp3) is 0.462. The molecule has 0 radical (unpaired) electrons. The van der Waals surface area contributed by atoms with Crippen molar-refractivity contribution >= 4 is 35.8 Å². The number of anilines is 1. The molecule has 0 heterocycles. The Morgan fingerprint density at radius 2 is 2.05 bits per heavy atom. The highest BCUT2D eigenvalue weighted by molar-refractivity contribution is 7.98. The van der Waals surface area contributed by atoms with Crippen molar-refractivity contribution in [2.45, 2.75) is 18.9 Å². The average Bonchev–Trinajstić information content (AvgIpc) is 2.38. The van der Waals surface area contributed by atoms with Crippen LogP contribution in [0.5, 0.6) is 0 Å². The Kier molecular flexibility index (Phi) is 9.69. The van der Waals surface area contributed by atoms with E-state index >= 15 is 0 Å². The minimum absolute atomic E-state index is 0. The fourth-order valence-corrected chi connectivity index (χ4v) is 1.98. The van der Waals surface area contributed by atoms with Gasteiger partial charge in [0.2, 0.25) is 5.91 Å². The van der Waals surface area contributed by atoms with E-state index in [0.717, 1.165) is 17.0 Å². The number of hydrogen-bond acceptors (Lipinski definition) is 4. The minimum Gasteiger partial charge on any atom is -0.396 e. The van der Waals surface area contributed by atoms with Gasteiger partial charge in [-0.3, -0.25) is 4.79 Å². The number of aliphatic hydroxyl groups is 1. The van der Waals surface area contributed by atoms with Crippen LogP contribution in [-0.4, -0.2) is 35.7 Å². The highest BCUT2D eigenvalue weighted by atomic mass is 35.5. The van der Waals surface area contributed by atoms with Gasteiger partial charge in [0.1, 0.15) is 0 Å². The van der Waals surface area contributed by atoms with Crippen molar-refractivity contribution in [3.8, 4) is 0 Å². The number of carbonyl (C=O) groups excluding carboxylic acids is 1. The molecule has 0 aliphatic heterocycles. The van der Waals surface area contributed by atoms with Crippen LogP contribution < -0.4 is 11.1 Å². The molecule has 1 rings (SSSR count). The normalized spacial score (nSPS) is 11.5. The van der Waals surface area contributed by atoms with E-state index in [-0.39, 0.29) is 24.9 Å². The third kappa shape index (κ3) is 6.82. The van der Waals surface area contributed by atoms with E-state index in [1.165, 1.54) is 0 Å². The van der Waals surface area contributed by atoms with Crippen molar-refractivity contribution in [2.75, 3.05) is 23.9 Å². The molecule has 19 heavy (non-hydrogen) atoms. The Morgan fingerprint density at radius 3 is 2.58 bits per heavy atom. The summed E-state index contributed by atoms with van der Waals surface area (Å²) >= 11 is 1.68. The van der Waals surface area contributed by atoms with Crippen LogP contribution in [0.2, 0.25) is 0 Å². The summed E-state index contributed by atoms with van der Waals surface area (Å²) in [6.07, 6.45) is 3.29. The molecular weight excluding hydrogens is 284 g/mol. The Labute approximate surface area is 124 Å². The number of nitrogens with one attached hydrogen (secondary N) is 1. The van der Waals surface area contributed by atoms with Crippen molar-refractivity contribution < 1.29 is 9.90 Å². The van der Waals surface area contributed by atoms with E-state index in [1.807, 2.05) is 30.5 Å². The molecule has 0 unspecified atom stereocenters. The third-order valence-electron chi connectivity index (χ3n) is 2.59. The van der Waals surface area contributed by atoms with E-state index < -0.39 is 6.04 Å². The van der Waals surface area contributed by atoms with Gasteiger partial charge >= 0.3 is 0 Å². The number of aliphatic hydroxyl groups excluding tert-OH is 1.